The summed E-state index contributed by atoms with van der Waals surface area (Å²) in [5.74, 6) is 0.553. The van der Waals surface area contributed by atoms with E-state index in [9.17, 15) is 4.79 Å². The molecule has 0 aromatic carbocycles. The van der Waals surface area contributed by atoms with E-state index in [1.54, 1.807) is 0 Å². The van der Waals surface area contributed by atoms with Gasteiger partial charge in [0.25, 0.3) is 0 Å². The predicted molar refractivity (Wildman–Crippen MR) is 83.8 cm³/mol. The Labute approximate surface area is 119 Å². The molecule has 1 aromatic rings. The molecule has 0 aliphatic carbocycles. The second-order valence-corrected chi connectivity index (χ2v) is 2.40. The summed E-state index contributed by atoms with van der Waals surface area (Å²) in [7, 11) is 0. The van der Waals surface area contributed by atoms with Gasteiger partial charge >= 0.3 is 0 Å². The molecular weight excluding hydrogens is 242 g/mol. The van der Waals surface area contributed by atoms with Crippen molar-refractivity contribution >= 4 is 5.91 Å². The molecule has 1 heterocycles. The number of carbonyl (C=O) groups is 1. The average molecular weight is 277 g/mol. The summed E-state index contributed by atoms with van der Waals surface area (Å²) in [5, 5.41) is 13.1. The summed E-state index contributed by atoms with van der Waals surface area (Å²) >= 11 is 0. The largest absolute Gasteiger partial charge is 0.370 e. The second-order valence-electron chi connectivity index (χ2n) is 2.40. The molecule has 0 bridgehead atoms. The molecule has 1 amide bonds. The third-order valence-electron chi connectivity index (χ3n) is 1.20. The van der Waals surface area contributed by atoms with Crippen molar-refractivity contribution in [3.8, 4) is 0 Å². The van der Waals surface area contributed by atoms with E-state index in [-0.39, 0.29) is 20.8 Å². The van der Waals surface area contributed by atoms with E-state index >= 15 is 0 Å². The topological polar surface area (TPSA) is 97.5 Å². The molecule has 19 heavy (non-hydrogen) atoms. The number of primary amides is 1. The molecule has 0 aliphatic rings. The van der Waals surface area contributed by atoms with E-state index in [2.05, 4.69) is 20.6 Å². The standard InChI is InChI=1S/C4H9NO.C3H6N4.2C2H6.2CH4/c1-2-3-4(5)6;1-2-3-4-6-7-5-3;2*1-2;;/h2-3H2,1H3,(H2,5,6);2H2,1H3,(H,4,5,6,7);2*1-2H3;2*1H4. The quantitative estimate of drug-likeness (QED) is 0.885. The van der Waals surface area contributed by atoms with Crippen molar-refractivity contribution < 1.29 is 4.79 Å². The summed E-state index contributed by atoms with van der Waals surface area (Å²) in [6, 6.07) is 0. The molecule has 0 saturated heterocycles. The van der Waals surface area contributed by atoms with Crippen LogP contribution in [-0.4, -0.2) is 26.5 Å². The van der Waals surface area contributed by atoms with Gasteiger partial charge < -0.3 is 5.73 Å². The van der Waals surface area contributed by atoms with Crippen LogP contribution in [0.4, 0.5) is 0 Å². The van der Waals surface area contributed by atoms with Gasteiger partial charge in [-0.1, -0.05) is 61.6 Å². The first kappa shape index (κ1) is 30.5. The Morgan fingerprint density at radius 1 is 1.16 bits per heavy atom. The van der Waals surface area contributed by atoms with E-state index in [1.807, 2.05) is 41.5 Å². The van der Waals surface area contributed by atoms with Crippen molar-refractivity contribution in [3.05, 3.63) is 5.82 Å². The van der Waals surface area contributed by atoms with Crippen LogP contribution in [0, 0.1) is 0 Å². The molecule has 1 rings (SSSR count). The number of carbonyl (C=O) groups excluding carboxylic acids is 1. The van der Waals surface area contributed by atoms with Crippen molar-refractivity contribution in [1.82, 2.24) is 20.6 Å². The normalized spacial score (nSPS) is 6.63. The fraction of sp³-hybridized carbons (Fsp3) is 0.846. The van der Waals surface area contributed by atoms with Crippen LogP contribution in [0.15, 0.2) is 0 Å². The average Bonchev–Trinajstić information content (AvgIpc) is 2.88. The smallest absolute Gasteiger partial charge is 0.217 e. The van der Waals surface area contributed by atoms with Gasteiger partial charge in [-0.2, -0.15) is 5.21 Å². The minimum Gasteiger partial charge on any atom is -0.370 e. The number of hydrogen-bond donors (Lipinski definition) is 2. The zero-order valence-electron chi connectivity index (χ0n) is 11.9. The first-order chi connectivity index (χ1) is 8.20. The number of amides is 1. The van der Waals surface area contributed by atoms with Crippen molar-refractivity contribution in [2.75, 3.05) is 0 Å². The molecule has 0 saturated carbocycles. The fourth-order valence-electron chi connectivity index (χ4n) is 0.579. The van der Waals surface area contributed by atoms with Gasteiger partial charge in [0.15, 0.2) is 5.82 Å². The fourth-order valence-corrected chi connectivity index (χ4v) is 0.579. The molecule has 0 aliphatic heterocycles. The van der Waals surface area contributed by atoms with Crippen LogP contribution in [0.3, 0.4) is 0 Å². The maximum absolute atomic E-state index is 9.82. The van der Waals surface area contributed by atoms with Gasteiger partial charge in [-0.15, -0.1) is 10.2 Å². The van der Waals surface area contributed by atoms with Crippen LogP contribution >= 0.6 is 0 Å². The second kappa shape index (κ2) is 30.0. The van der Waals surface area contributed by atoms with Gasteiger partial charge in [0.2, 0.25) is 5.91 Å². The van der Waals surface area contributed by atoms with E-state index in [0.717, 1.165) is 18.7 Å². The SMILES string of the molecule is C.C.CC.CC.CCCC(N)=O.CCc1nn[nH]n1. The Morgan fingerprint density at radius 3 is 1.74 bits per heavy atom. The Bertz CT molecular complexity index is 225. The van der Waals surface area contributed by atoms with E-state index in [0.29, 0.717) is 6.42 Å². The lowest BCUT2D eigenvalue weighted by molar-refractivity contribution is -0.118. The number of nitrogens with zero attached hydrogens (tertiary/aromatic N) is 3. The van der Waals surface area contributed by atoms with Crippen molar-refractivity contribution in [3.63, 3.8) is 0 Å². The third-order valence-corrected chi connectivity index (χ3v) is 1.20. The van der Waals surface area contributed by atoms with Crippen LogP contribution in [0.25, 0.3) is 0 Å². The molecule has 3 N–H and O–H groups in total. The molecule has 0 fully saturated rings. The zero-order valence-corrected chi connectivity index (χ0v) is 11.9. The maximum atomic E-state index is 9.82. The van der Waals surface area contributed by atoms with Gasteiger partial charge in [0.05, 0.1) is 0 Å². The lowest BCUT2D eigenvalue weighted by Gasteiger charge is -1.81. The summed E-state index contributed by atoms with van der Waals surface area (Å²) in [6.45, 7) is 11.9. The molecule has 1 aromatic heterocycles. The highest BCUT2D eigenvalue weighted by Crippen LogP contribution is 1.80. The number of aromatic amines is 1. The number of H-pyrrole nitrogens is 1. The van der Waals surface area contributed by atoms with Crippen molar-refractivity contribution in [1.29, 1.82) is 0 Å². The van der Waals surface area contributed by atoms with Crippen molar-refractivity contribution in [2.24, 2.45) is 5.73 Å². The molecule has 0 atom stereocenters. The van der Waals surface area contributed by atoms with Crippen LogP contribution in [-0.2, 0) is 11.2 Å². The minimum absolute atomic E-state index is 0. The van der Waals surface area contributed by atoms with Crippen LogP contribution in [0.1, 0.15) is 75.1 Å². The van der Waals surface area contributed by atoms with Crippen LogP contribution < -0.4 is 5.73 Å². The first-order valence-corrected chi connectivity index (χ1v) is 6.21. The van der Waals surface area contributed by atoms with Gasteiger partial charge in [-0.3, -0.25) is 4.79 Å². The molecule has 6 nitrogen and oxygen atoms in total. The Morgan fingerprint density at radius 2 is 1.63 bits per heavy atom. The molecule has 0 radical (unpaired) electrons. The number of hydrogen-bond acceptors (Lipinski definition) is 4. The molecular formula is C13H35N5O. The lowest BCUT2D eigenvalue weighted by Crippen LogP contribution is -2.08. The maximum Gasteiger partial charge on any atom is 0.217 e. The molecule has 0 spiro atoms. The number of tetrazole rings is 1. The van der Waals surface area contributed by atoms with Gasteiger partial charge in [-0.05, 0) is 6.42 Å². The highest BCUT2D eigenvalue weighted by atomic mass is 16.1. The Hall–Kier alpha value is -1.46. The lowest BCUT2D eigenvalue weighted by atomic mass is 10.3. The molecule has 118 valence electrons. The highest BCUT2D eigenvalue weighted by molar-refractivity contribution is 5.73. The van der Waals surface area contributed by atoms with E-state index < -0.39 is 0 Å². The number of rotatable bonds is 3. The van der Waals surface area contributed by atoms with Crippen LogP contribution in [0.5, 0.6) is 0 Å². The zero-order chi connectivity index (χ0) is 14.1. The number of aromatic nitrogens is 4. The van der Waals surface area contributed by atoms with Crippen LogP contribution in [0.2, 0.25) is 0 Å². The van der Waals surface area contributed by atoms with E-state index in [1.165, 1.54) is 0 Å². The third kappa shape index (κ3) is 31.5. The van der Waals surface area contributed by atoms with Gasteiger partial charge in [-0.25, -0.2) is 0 Å². The minimum atomic E-state index is -0.211. The summed E-state index contributed by atoms with van der Waals surface area (Å²) < 4.78 is 0. The molecule has 6 heteroatoms. The first-order valence-electron chi connectivity index (χ1n) is 6.21. The van der Waals surface area contributed by atoms with Crippen molar-refractivity contribution in [2.45, 2.75) is 75.7 Å². The Kier molecular flexibility index (Phi) is 48.2. The summed E-state index contributed by atoms with van der Waals surface area (Å²) in [6.07, 6.45) is 2.21. The number of aryl methyl sites for hydroxylation is 1. The number of nitrogens with one attached hydrogen (secondary N) is 1. The number of nitrogens with two attached hydrogens (primary N) is 1. The molecule has 0 unspecified atom stereocenters. The summed E-state index contributed by atoms with van der Waals surface area (Å²) in [4.78, 5) is 9.82. The van der Waals surface area contributed by atoms with E-state index in [4.69, 9.17) is 5.73 Å². The van der Waals surface area contributed by atoms with Gasteiger partial charge in [0, 0.05) is 12.8 Å². The highest BCUT2D eigenvalue weighted by Gasteiger charge is 1.87. The predicted octanol–water partition coefficient (Wildman–Crippen LogP) is 3.36. The van der Waals surface area contributed by atoms with Gasteiger partial charge in [0.1, 0.15) is 0 Å². The summed E-state index contributed by atoms with van der Waals surface area (Å²) in [5.41, 5.74) is 4.76. The Balaban J connectivity index is -0.0000000507. The monoisotopic (exact) mass is 277 g/mol.